The van der Waals surface area contributed by atoms with Gasteiger partial charge in [0, 0.05) is 23.1 Å². The van der Waals surface area contributed by atoms with Crippen LogP contribution in [-0.2, 0) is 6.42 Å². The number of unbranched alkanes of at least 4 members (excludes halogenated alkanes) is 10. The first-order chi connectivity index (χ1) is 15.7. The number of aryl methyl sites for hydroxylation is 1. The van der Waals surface area contributed by atoms with E-state index in [0.717, 1.165) is 62.3 Å². The molecule has 1 aliphatic rings. The van der Waals surface area contributed by atoms with Crippen LogP contribution in [0.15, 0.2) is 30.3 Å². The van der Waals surface area contributed by atoms with Gasteiger partial charge in [-0.15, -0.1) is 0 Å². The number of nitrogens with zero attached hydrogens (tertiary/aromatic N) is 1. The largest absolute Gasteiger partial charge is 0.330 e. The van der Waals surface area contributed by atoms with Crippen molar-refractivity contribution in [1.82, 2.24) is 4.90 Å². The molecule has 0 radical (unpaired) electrons. The Balaban J connectivity index is 1.63. The Morgan fingerprint density at radius 2 is 1.34 bits per heavy atom. The van der Waals surface area contributed by atoms with Gasteiger partial charge >= 0.3 is 0 Å². The van der Waals surface area contributed by atoms with Crippen LogP contribution in [-0.4, -0.2) is 29.8 Å². The summed E-state index contributed by atoms with van der Waals surface area (Å²) in [5, 5.41) is 1.92. The maximum Gasteiger partial charge on any atom is 0.261 e. The SMILES string of the molecule is CCCCCCCCCCN1C(=O)c2cccc3c(CCCCCCN)ccc(c23)C1=O. The molecule has 3 rings (SSSR count). The van der Waals surface area contributed by atoms with Crippen LogP contribution >= 0.6 is 0 Å². The molecule has 2 aromatic carbocycles. The third kappa shape index (κ3) is 5.98. The predicted octanol–water partition coefficient (Wildman–Crippen LogP) is 6.64. The van der Waals surface area contributed by atoms with E-state index in [1.165, 1.54) is 49.0 Å². The maximum absolute atomic E-state index is 13.2. The molecule has 174 valence electrons. The van der Waals surface area contributed by atoms with Gasteiger partial charge < -0.3 is 5.73 Å². The molecule has 0 spiro atoms. The van der Waals surface area contributed by atoms with Gasteiger partial charge in [-0.05, 0) is 55.3 Å². The van der Waals surface area contributed by atoms with E-state index in [-0.39, 0.29) is 11.8 Å². The smallest absolute Gasteiger partial charge is 0.261 e. The molecule has 0 aromatic heterocycles. The lowest BCUT2D eigenvalue weighted by molar-refractivity contribution is 0.0607. The normalized spacial score (nSPS) is 13.4. The van der Waals surface area contributed by atoms with Gasteiger partial charge in [-0.2, -0.15) is 0 Å². The summed E-state index contributed by atoms with van der Waals surface area (Å²) in [6.07, 6.45) is 15.0. The minimum absolute atomic E-state index is 0.129. The molecule has 1 heterocycles. The minimum atomic E-state index is -0.129. The lowest BCUT2D eigenvalue weighted by Gasteiger charge is -2.28. The fourth-order valence-electron chi connectivity index (χ4n) is 4.84. The van der Waals surface area contributed by atoms with Gasteiger partial charge in [0.1, 0.15) is 0 Å². The Morgan fingerprint density at radius 1 is 0.719 bits per heavy atom. The highest BCUT2D eigenvalue weighted by Crippen LogP contribution is 2.33. The van der Waals surface area contributed by atoms with Crippen molar-refractivity contribution >= 4 is 22.6 Å². The summed E-state index contributed by atoms with van der Waals surface area (Å²) in [6, 6.07) is 9.93. The van der Waals surface area contributed by atoms with Crippen LogP contribution in [0.3, 0.4) is 0 Å². The van der Waals surface area contributed by atoms with E-state index in [4.69, 9.17) is 5.73 Å². The fourth-order valence-corrected chi connectivity index (χ4v) is 4.84. The van der Waals surface area contributed by atoms with Crippen LogP contribution in [0.2, 0.25) is 0 Å². The van der Waals surface area contributed by atoms with Crippen molar-refractivity contribution in [3.63, 3.8) is 0 Å². The number of carbonyl (C=O) groups excluding carboxylic acids is 2. The summed E-state index contributed by atoms with van der Waals surface area (Å²) in [4.78, 5) is 27.9. The second-order valence-electron chi connectivity index (χ2n) is 9.19. The monoisotopic (exact) mass is 436 g/mol. The second-order valence-corrected chi connectivity index (χ2v) is 9.19. The maximum atomic E-state index is 13.2. The number of carbonyl (C=O) groups is 2. The standard InChI is InChI=1S/C28H40N2O2/c1-2-3-4-5-6-7-10-13-21-30-27(31)24-17-14-16-23-22(15-11-8-9-12-20-29)18-19-25(26(23)24)28(30)32/h14,16-19H,2-13,15,20-21,29H2,1H3. The Hall–Kier alpha value is -2.20. The zero-order valence-electron chi connectivity index (χ0n) is 19.8. The summed E-state index contributed by atoms with van der Waals surface area (Å²) in [6.45, 7) is 3.50. The Kier molecular flexibility index (Phi) is 9.73. The van der Waals surface area contributed by atoms with Gasteiger partial charge in [-0.25, -0.2) is 0 Å². The molecule has 0 fully saturated rings. The van der Waals surface area contributed by atoms with Gasteiger partial charge in [0.05, 0.1) is 0 Å². The van der Waals surface area contributed by atoms with E-state index < -0.39 is 0 Å². The quantitative estimate of drug-likeness (QED) is 0.251. The van der Waals surface area contributed by atoms with Crippen LogP contribution in [0.5, 0.6) is 0 Å². The molecule has 2 N–H and O–H groups in total. The third-order valence-electron chi connectivity index (χ3n) is 6.72. The minimum Gasteiger partial charge on any atom is -0.330 e. The molecule has 4 nitrogen and oxygen atoms in total. The first-order valence-electron chi connectivity index (χ1n) is 12.8. The molecule has 2 amide bonds. The average molecular weight is 437 g/mol. The Morgan fingerprint density at radius 3 is 2.06 bits per heavy atom. The number of benzene rings is 2. The van der Waals surface area contributed by atoms with E-state index >= 15 is 0 Å². The van der Waals surface area contributed by atoms with Gasteiger partial charge in [0.2, 0.25) is 0 Å². The summed E-state index contributed by atoms with van der Waals surface area (Å²) in [5.74, 6) is -0.257. The number of hydrogen-bond donors (Lipinski definition) is 1. The highest BCUT2D eigenvalue weighted by Gasteiger charge is 2.32. The highest BCUT2D eigenvalue weighted by atomic mass is 16.2. The molecular formula is C28H40N2O2. The van der Waals surface area contributed by atoms with E-state index in [1.54, 1.807) is 0 Å². The molecule has 32 heavy (non-hydrogen) atoms. The third-order valence-corrected chi connectivity index (χ3v) is 6.72. The van der Waals surface area contributed by atoms with Crippen LogP contribution in [0.4, 0.5) is 0 Å². The van der Waals surface area contributed by atoms with Crippen molar-refractivity contribution in [3.8, 4) is 0 Å². The molecular weight excluding hydrogens is 396 g/mol. The molecule has 1 aliphatic heterocycles. The topological polar surface area (TPSA) is 63.4 Å². The molecule has 4 heteroatoms. The molecule has 0 aliphatic carbocycles. The van der Waals surface area contributed by atoms with Gasteiger partial charge in [-0.3, -0.25) is 14.5 Å². The van der Waals surface area contributed by atoms with Crippen molar-refractivity contribution < 1.29 is 9.59 Å². The molecule has 0 bridgehead atoms. The summed E-state index contributed by atoms with van der Waals surface area (Å²) >= 11 is 0. The lowest BCUT2D eigenvalue weighted by Crippen LogP contribution is -2.40. The van der Waals surface area contributed by atoms with Crippen molar-refractivity contribution in [2.75, 3.05) is 13.1 Å². The highest BCUT2D eigenvalue weighted by molar-refractivity contribution is 6.25. The summed E-state index contributed by atoms with van der Waals surface area (Å²) < 4.78 is 0. The Bertz CT molecular complexity index is 883. The Labute approximate surface area is 193 Å². The zero-order chi connectivity index (χ0) is 22.8. The number of rotatable bonds is 15. The van der Waals surface area contributed by atoms with Crippen LogP contribution in [0.1, 0.15) is 110 Å². The number of hydrogen-bond acceptors (Lipinski definition) is 3. The number of imide groups is 1. The number of amides is 2. The zero-order valence-corrected chi connectivity index (χ0v) is 19.8. The van der Waals surface area contributed by atoms with Crippen molar-refractivity contribution in [2.45, 2.75) is 90.4 Å². The fraction of sp³-hybridized carbons (Fsp3) is 0.571. The average Bonchev–Trinajstić information content (AvgIpc) is 2.81. The molecule has 0 atom stereocenters. The van der Waals surface area contributed by atoms with E-state index in [1.807, 2.05) is 18.2 Å². The summed E-state index contributed by atoms with van der Waals surface area (Å²) in [7, 11) is 0. The van der Waals surface area contributed by atoms with E-state index in [2.05, 4.69) is 19.1 Å². The molecule has 2 aromatic rings. The van der Waals surface area contributed by atoms with E-state index in [0.29, 0.717) is 17.7 Å². The van der Waals surface area contributed by atoms with Crippen molar-refractivity contribution in [2.24, 2.45) is 5.73 Å². The van der Waals surface area contributed by atoms with Crippen LogP contribution in [0, 0.1) is 0 Å². The van der Waals surface area contributed by atoms with Gasteiger partial charge in [0.25, 0.3) is 11.8 Å². The predicted molar refractivity (Wildman–Crippen MR) is 133 cm³/mol. The van der Waals surface area contributed by atoms with Gasteiger partial charge in [-0.1, -0.05) is 82.9 Å². The van der Waals surface area contributed by atoms with Crippen molar-refractivity contribution in [3.05, 3.63) is 47.0 Å². The first kappa shape index (κ1) is 24.4. The summed E-state index contributed by atoms with van der Waals surface area (Å²) in [5.41, 5.74) is 8.18. The lowest BCUT2D eigenvalue weighted by atomic mass is 9.89. The van der Waals surface area contributed by atoms with Crippen molar-refractivity contribution in [1.29, 1.82) is 0 Å². The van der Waals surface area contributed by atoms with Crippen LogP contribution in [0.25, 0.3) is 10.8 Å². The number of nitrogens with two attached hydrogens (primary N) is 1. The molecule has 0 saturated carbocycles. The van der Waals surface area contributed by atoms with E-state index in [9.17, 15) is 9.59 Å². The first-order valence-corrected chi connectivity index (χ1v) is 12.8. The van der Waals surface area contributed by atoms with Gasteiger partial charge in [0.15, 0.2) is 0 Å². The van der Waals surface area contributed by atoms with Crippen LogP contribution < -0.4 is 5.73 Å². The molecule has 0 saturated heterocycles. The molecule has 0 unspecified atom stereocenters. The second kappa shape index (κ2) is 12.7.